The highest BCUT2D eigenvalue weighted by Crippen LogP contribution is 2.37. The first kappa shape index (κ1) is 15.0. The summed E-state index contributed by atoms with van der Waals surface area (Å²) in [6, 6.07) is 2.89. The number of nitrogens with one attached hydrogen (secondary N) is 1. The number of nitrogens with zero attached hydrogens (tertiary/aromatic N) is 1. The third-order valence-electron chi connectivity index (χ3n) is 4.26. The maximum absolute atomic E-state index is 3.64. The lowest BCUT2D eigenvalue weighted by molar-refractivity contribution is 0.192. The predicted molar refractivity (Wildman–Crippen MR) is 84.9 cm³/mol. The largest absolute Gasteiger partial charge is 0.316 e. The van der Waals surface area contributed by atoms with Crippen molar-refractivity contribution >= 4 is 11.3 Å². The Morgan fingerprint density at radius 3 is 2.95 bits per heavy atom. The smallest absolute Gasteiger partial charge is 0.0481 e. The molecule has 2 heterocycles. The van der Waals surface area contributed by atoms with E-state index in [1.807, 2.05) is 11.3 Å². The van der Waals surface area contributed by atoms with Crippen LogP contribution in [0.5, 0.6) is 0 Å². The van der Waals surface area contributed by atoms with Crippen LogP contribution >= 0.6 is 11.3 Å². The van der Waals surface area contributed by atoms with Crippen molar-refractivity contribution in [1.82, 2.24) is 10.2 Å². The summed E-state index contributed by atoms with van der Waals surface area (Å²) in [5.41, 5.74) is 1.48. The van der Waals surface area contributed by atoms with Gasteiger partial charge < -0.3 is 5.32 Å². The molecule has 3 heteroatoms. The molecular formula is C16H28N2S. The van der Waals surface area contributed by atoms with Crippen molar-refractivity contribution < 1.29 is 0 Å². The SMILES string of the molecule is CCCNCC1CCCCN(C)C1c1sccc1C. The van der Waals surface area contributed by atoms with Crippen LogP contribution < -0.4 is 5.32 Å². The van der Waals surface area contributed by atoms with Gasteiger partial charge in [-0.2, -0.15) is 0 Å². The van der Waals surface area contributed by atoms with E-state index in [0.717, 1.165) is 12.5 Å². The summed E-state index contributed by atoms with van der Waals surface area (Å²) in [6.07, 6.45) is 5.32. The molecule has 1 aliphatic heterocycles. The van der Waals surface area contributed by atoms with Crippen LogP contribution in [0.2, 0.25) is 0 Å². The Morgan fingerprint density at radius 1 is 1.42 bits per heavy atom. The number of likely N-dealkylation sites (tertiary alicyclic amines) is 1. The van der Waals surface area contributed by atoms with Crippen molar-refractivity contribution in [2.24, 2.45) is 5.92 Å². The summed E-state index contributed by atoms with van der Waals surface area (Å²) in [4.78, 5) is 4.18. The molecule has 1 saturated heterocycles. The Morgan fingerprint density at radius 2 is 2.26 bits per heavy atom. The summed E-state index contributed by atoms with van der Waals surface area (Å²) in [5, 5.41) is 5.89. The molecule has 19 heavy (non-hydrogen) atoms. The summed E-state index contributed by atoms with van der Waals surface area (Å²) < 4.78 is 0. The lowest BCUT2D eigenvalue weighted by atomic mass is 9.92. The molecule has 1 aromatic heterocycles. The van der Waals surface area contributed by atoms with Gasteiger partial charge in [-0.1, -0.05) is 13.3 Å². The van der Waals surface area contributed by atoms with Crippen LogP contribution in [0, 0.1) is 12.8 Å². The Balaban J connectivity index is 2.13. The first-order valence-corrected chi connectivity index (χ1v) is 8.57. The zero-order valence-corrected chi connectivity index (χ0v) is 13.4. The van der Waals surface area contributed by atoms with E-state index in [2.05, 4.69) is 42.6 Å². The molecule has 1 aromatic rings. The third-order valence-corrected chi connectivity index (χ3v) is 5.35. The molecule has 0 amide bonds. The molecule has 2 rings (SSSR count). The van der Waals surface area contributed by atoms with Crippen LogP contribution in [0.4, 0.5) is 0 Å². The van der Waals surface area contributed by atoms with Gasteiger partial charge in [0.05, 0.1) is 0 Å². The third kappa shape index (κ3) is 3.80. The molecule has 0 bridgehead atoms. The molecule has 2 unspecified atom stereocenters. The number of rotatable bonds is 5. The van der Waals surface area contributed by atoms with E-state index >= 15 is 0 Å². The zero-order valence-electron chi connectivity index (χ0n) is 12.6. The van der Waals surface area contributed by atoms with E-state index in [4.69, 9.17) is 0 Å². The molecule has 0 spiro atoms. The first-order chi connectivity index (χ1) is 9.24. The summed E-state index contributed by atoms with van der Waals surface area (Å²) in [7, 11) is 2.31. The number of hydrogen-bond donors (Lipinski definition) is 1. The first-order valence-electron chi connectivity index (χ1n) is 7.69. The second-order valence-corrected chi connectivity index (χ2v) is 6.80. The van der Waals surface area contributed by atoms with Gasteiger partial charge in [-0.25, -0.2) is 0 Å². The number of thiophene rings is 1. The quantitative estimate of drug-likeness (QED) is 0.825. The molecule has 0 saturated carbocycles. The van der Waals surface area contributed by atoms with Crippen LogP contribution in [0.1, 0.15) is 49.1 Å². The van der Waals surface area contributed by atoms with Crippen molar-refractivity contribution in [2.45, 2.75) is 45.6 Å². The maximum atomic E-state index is 3.64. The topological polar surface area (TPSA) is 15.3 Å². The average Bonchev–Trinajstić information content (AvgIpc) is 2.72. The highest BCUT2D eigenvalue weighted by molar-refractivity contribution is 7.10. The summed E-state index contributed by atoms with van der Waals surface area (Å²) in [6.45, 7) is 8.07. The van der Waals surface area contributed by atoms with Gasteiger partial charge in [-0.3, -0.25) is 4.90 Å². The summed E-state index contributed by atoms with van der Waals surface area (Å²) >= 11 is 1.94. The summed E-state index contributed by atoms with van der Waals surface area (Å²) in [5.74, 6) is 0.761. The van der Waals surface area contributed by atoms with Crippen molar-refractivity contribution in [2.75, 3.05) is 26.7 Å². The van der Waals surface area contributed by atoms with Gasteiger partial charge in [0.25, 0.3) is 0 Å². The van der Waals surface area contributed by atoms with Crippen molar-refractivity contribution in [1.29, 1.82) is 0 Å². The second kappa shape index (κ2) is 7.41. The monoisotopic (exact) mass is 280 g/mol. The fraction of sp³-hybridized carbons (Fsp3) is 0.750. The van der Waals surface area contributed by atoms with E-state index in [1.54, 1.807) is 4.88 Å². The van der Waals surface area contributed by atoms with Gasteiger partial charge in [-0.15, -0.1) is 11.3 Å². The van der Waals surface area contributed by atoms with Crippen LogP contribution in [0.3, 0.4) is 0 Å². The predicted octanol–water partition coefficient (Wildman–Crippen LogP) is 3.83. The fourth-order valence-electron chi connectivity index (χ4n) is 3.20. The highest BCUT2D eigenvalue weighted by Gasteiger charge is 2.30. The lowest BCUT2D eigenvalue weighted by Crippen LogP contribution is -2.35. The van der Waals surface area contributed by atoms with Gasteiger partial charge in [0.1, 0.15) is 0 Å². The molecule has 0 aliphatic carbocycles. The minimum atomic E-state index is 0.617. The Kier molecular flexibility index (Phi) is 5.86. The molecule has 1 aliphatic rings. The lowest BCUT2D eigenvalue weighted by Gasteiger charge is -2.32. The van der Waals surface area contributed by atoms with Gasteiger partial charge in [-0.05, 0) is 75.8 Å². The second-order valence-electron chi connectivity index (χ2n) is 5.85. The molecule has 2 atom stereocenters. The fourth-order valence-corrected chi connectivity index (χ4v) is 4.39. The Hall–Kier alpha value is -0.380. The van der Waals surface area contributed by atoms with E-state index < -0.39 is 0 Å². The molecule has 108 valence electrons. The van der Waals surface area contributed by atoms with Crippen LogP contribution in [0.15, 0.2) is 11.4 Å². The maximum Gasteiger partial charge on any atom is 0.0481 e. The molecule has 2 nitrogen and oxygen atoms in total. The van der Waals surface area contributed by atoms with E-state index in [-0.39, 0.29) is 0 Å². The molecule has 0 aromatic carbocycles. The van der Waals surface area contributed by atoms with Crippen molar-refractivity contribution in [3.63, 3.8) is 0 Å². The van der Waals surface area contributed by atoms with Crippen LogP contribution in [-0.4, -0.2) is 31.6 Å². The van der Waals surface area contributed by atoms with Crippen LogP contribution in [-0.2, 0) is 0 Å². The number of aryl methyl sites for hydroxylation is 1. The van der Waals surface area contributed by atoms with E-state index in [9.17, 15) is 0 Å². The van der Waals surface area contributed by atoms with Crippen LogP contribution in [0.25, 0.3) is 0 Å². The van der Waals surface area contributed by atoms with Gasteiger partial charge >= 0.3 is 0 Å². The molecule has 1 N–H and O–H groups in total. The molecule has 1 fully saturated rings. The Bertz CT molecular complexity index is 375. The number of hydrogen-bond acceptors (Lipinski definition) is 3. The van der Waals surface area contributed by atoms with E-state index in [0.29, 0.717) is 6.04 Å². The average molecular weight is 280 g/mol. The van der Waals surface area contributed by atoms with E-state index in [1.165, 1.54) is 44.3 Å². The molecule has 0 radical (unpaired) electrons. The Labute approximate surface area is 122 Å². The van der Waals surface area contributed by atoms with Crippen molar-refractivity contribution in [3.8, 4) is 0 Å². The standard InChI is InChI=1S/C16H28N2S/c1-4-9-17-12-14-7-5-6-10-18(3)15(14)16-13(2)8-11-19-16/h8,11,14-15,17H,4-7,9-10,12H2,1-3H3. The van der Waals surface area contributed by atoms with Gasteiger partial charge in [0, 0.05) is 10.9 Å². The zero-order chi connectivity index (χ0) is 13.7. The highest BCUT2D eigenvalue weighted by atomic mass is 32.1. The van der Waals surface area contributed by atoms with Gasteiger partial charge in [0.15, 0.2) is 0 Å². The minimum absolute atomic E-state index is 0.617. The minimum Gasteiger partial charge on any atom is -0.316 e. The normalized spacial score (nSPS) is 25.4. The molecular weight excluding hydrogens is 252 g/mol. The van der Waals surface area contributed by atoms with Gasteiger partial charge in [0.2, 0.25) is 0 Å². The van der Waals surface area contributed by atoms with Crippen molar-refractivity contribution in [3.05, 3.63) is 21.9 Å².